The third-order valence-electron chi connectivity index (χ3n) is 3.74. The molecular formula is C17H21NO3. The van der Waals surface area contributed by atoms with Gasteiger partial charge in [-0.05, 0) is 30.4 Å². The van der Waals surface area contributed by atoms with E-state index in [2.05, 4.69) is 18.2 Å². The van der Waals surface area contributed by atoms with Gasteiger partial charge in [0.2, 0.25) is 5.91 Å². The summed E-state index contributed by atoms with van der Waals surface area (Å²) in [6.07, 6.45) is 4.81. The van der Waals surface area contributed by atoms with E-state index in [1.165, 1.54) is 11.1 Å². The number of rotatable bonds is 6. The minimum absolute atomic E-state index is 0.128. The number of carboxylic acid groups (broad SMARTS) is 1. The fourth-order valence-electron chi connectivity index (χ4n) is 2.52. The van der Waals surface area contributed by atoms with Crippen LogP contribution in [-0.4, -0.2) is 35.0 Å². The Hall–Kier alpha value is -2.10. The van der Waals surface area contributed by atoms with Gasteiger partial charge in [0, 0.05) is 25.9 Å². The van der Waals surface area contributed by atoms with Gasteiger partial charge in [0.05, 0.1) is 0 Å². The molecule has 1 heterocycles. The van der Waals surface area contributed by atoms with Gasteiger partial charge in [-0.25, -0.2) is 0 Å². The molecular weight excluding hydrogens is 266 g/mol. The van der Waals surface area contributed by atoms with E-state index in [1.54, 1.807) is 0 Å². The molecule has 1 N–H and O–H groups in total. The average molecular weight is 287 g/mol. The number of hydrogen-bond acceptors (Lipinski definition) is 2. The molecule has 0 aliphatic carbocycles. The van der Waals surface area contributed by atoms with Crippen molar-refractivity contribution in [2.24, 2.45) is 0 Å². The summed E-state index contributed by atoms with van der Waals surface area (Å²) in [5, 5.41) is 8.56. The van der Waals surface area contributed by atoms with Crippen molar-refractivity contribution in [1.82, 2.24) is 4.90 Å². The maximum absolute atomic E-state index is 12.0. The van der Waals surface area contributed by atoms with E-state index in [0.717, 1.165) is 13.0 Å². The number of carbonyl (C=O) groups is 2. The van der Waals surface area contributed by atoms with Crippen molar-refractivity contribution in [2.45, 2.75) is 32.1 Å². The van der Waals surface area contributed by atoms with Gasteiger partial charge in [0.1, 0.15) is 0 Å². The van der Waals surface area contributed by atoms with Crippen LogP contribution in [0.3, 0.4) is 0 Å². The molecule has 1 aliphatic rings. The fraction of sp³-hybridized carbons (Fsp3) is 0.412. The van der Waals surface area contributed by atoms with Gasteiger partial charge in [0.15, 0.2) is 0 Å². The molecule has 0 atom stereocenters. The second-order valence-electron chi connectivity index (χ2n) is 5.29. The zero-order chi connectivity index (χ0) is 15.1. The lowest BCUT2D eigenvalue weighted by Crippen LogP contribution is -2.34. The van der Waals surface area contributed by atoms with Crippen LogP contribution >= 0.6 is 0 Å². The minimum Gasteiger partial charge on any atom is -0.481 e. The Bertz CT molecular complexity index is 522. The van der Waals surface area contributed by atoms with Crippen molar-refractivity contribution in [3.8, 4) is 0 Å². The van der Waals surface area contributed by atoms with Gasteiger partial charge in [-0.15, -0.1) is 0 Å². The summed E-state index contributed by atoms with van der Waals surface area (Å²) in [6, 6.07) is 10.2. The van der Waals surface area contributed by atoms with Crippen LogP contribution in [0.25, 0.3) is 5.57 Å². The van der Waals surface area contributed by atoms with Crippen molar-refractivity contribution in [3.63, 3.8) is 0 Å². The maximum Gasteiger partial charge on any atom is 0.303 e. The molecule has 1 amide bonds. The van der Waals surface area contributed by atoms with Crippen molar-refractivity contribution >= 4 is 17.4 Å². The Kier molecular flexibility index (Phi) is 5.55. The van der Waals surface area contributed by atoms with E-state index in [1.807, 2.05) is 23.1 Å². The van der Waals surface area contributed by atoms with Gasteiger partial charge in [-0.3, -0.25) is 9.59 Å². The third kappa shape index (κ3) is 4.74. The molecule has 21 heavy (non-hydrogen) atoms. The molecule has 0 bridgehead atoms. The number of amides is 1. The number of nitrogens with zero attached hydrogens (tertiary/aromatic N) is 1. The first-order valence-corrected chi connectivity index (χ1v) is 7.41. The number of unbranched alkanes of at least 4 members (excludes halogenated alkanes) is 1. The minimum atomic E-state index is -0.796. The van der Waals surface area contributed by atoms with Crippen molar-refractivity contribution in [1.29, 1.82) is 0 Å². The predicted molar refractivity (Wildman–Crippen MR) is 81.7 cm³/mol. The summed E-state index contributed by atoms with van der Waals surface area (Å²) in [4.78, 5) is 24.3. The van der Waals surface area contributed by atoms with Gasteiger partial charge in [-0.1, -0.05) is 36.4 Å². The number of benzene rings is 1. The Balaban J connectivity index is 1.79. The molecule has 4 heteroatoms. The fourth-order valence-corrected chi connectivity index (χ4v) is 2.52. The molecule has 0 saturated carbocycles. The molecule has 0 unspecified atom stereocenters. The number of carboxylic acids is 1. The summed E-state index contributed by atoms with van der Waals surface area (Å²) >= 11 is 0. The highest BCUT2D eigenvalue weighted by Gasteiger charge is 2.17. The molecule has 0 radical (unpaired) electrons. The molecule has 1 aromatic rings. The highest BCUT2D eigenvalue weighted by molar-refractivity contribution is 5.78. The normalized spacial score (nSPS) is 14.7. The van der Waals surface area contributed by atoms with Crippen LogP contribution in [0, 0.1) is 0 Å². The highest BCUT2D eigenvalue weighted by atomic mass is 16.4. The molecule has 2 rings (SSSR count). The van der Waals surface area contributed by atoms with Gasteiger partial charge in [-0.2, -0.15) is 0 Å². The van der Waals surface area contributed by atoms with E-state index < -0.39 is 5.97 Å². The molecule has 0 aromatic heterocycles. The number of aliphatic carboxylic acids is 1. The maximum atomic E-state index is 12.0. The van der Waals surface area contributed by atoms with Gasteiger partial charge < -0.3 is 10.0 Å². The van der Waals surface area contributed by atoms with Crippen LogP contribution in [0.2, 0.25) is 0 Å². The Labute approximate surface area is 125 Å². The van der Waals surface area contributed by atoms with Crippen molar-refractivity contribution in [2.75, 3.05) is 13.1 Å². The summed E-state index contributed by atoms with van der Waals surface area (Å²) < 4.78 is 0. The lowest BCUT2D eigenvalue weighted by atomic mass is 9.99. The summed E-state index contributed by atoms with van der Waals surface area (Å²) in [6.45, 7) is 1.40. The summed E-state index contributed by atoms with van der Waals surface area (Å²) in [5.41, 5.74) is 2.52. The molecule has 0 spiro atoms. The van der Waals surface area contributed by atoms with Crippen LogP contribution < -0.4 is 0 Å². The first-order valence-electron chi connectivity index (χ1n) is 7.41. The number of hydrogen-bond donors (Lipinski definition) is 1. The predicted octanol–water partition coefficient (Wildman–Crippen LogP) is 2.95. The van der Waals surface area contributed by atoms with Crippen molar-refractivity contribution < 1.29 is 14.7 Å². The van der Waals surface area contributed by atoms with E-state index in [9.17, 15) is 9.59 Å². The molecule has 0 saturated heterocycles. The van der Waals surface area contributed by atoms with Gasteiger partial charge >= 0.3 is 5.97 Å². The zero-order valence-electron chi connectivity index (χ0n) is 12.1. The Morgan fingerprint density at radius 2 is 1.81 bits per heavy atom. The smallest absolute Gasteiger partial charge is 0.303 e. The average Bonchev–Trinajstić information content (AvgIpc) is 2.52. The van der Waals surface area contributed by atoms with Crippen LogP contribution in [0.1, 0.15) is 37.7 Å². The first-order chi connectivity index (χ1) is 10.2. The molecule has 112 valence electrons. The summed E-state index contributed by atoms with van der Waals surface area (Å²) in [7, 11) is 0. The van der Waals surface area contributed by atoms with Crippen LogP contribution in [0.5, 0.6) is 0 Å². The molecule has 0 fully saturated rings. The third-order valence-corrected chi connectivity index (χ3v) is 3.74. The van der Waals surface area contributed by atoms with E-state index >= 15 is 0 Å². The first kappa shape index (κ1) is 15.3. The monoisotopic (exact) mass is 287 g/mol. The molecule has 1 aromatic carbocycles. The summed E-state index contributed by atoms with van der Waals surface area (Å²) in [5.74, 6) is -0.667. The Morgan fingerprint density at radius 1 is 1.10 bits per heavy atom. The standard InChI is InChI=1S/C17H21NO3/c19-16(8-4-5-9-17(20)21)18-12-10-15(11-13-18)14-6-2-1-3-7-14/h1-3,6-7,10H,4-5,8-9,11-13H2,(H,20,21). The van der Waals surface area contributed by atoms with Crippen LogP contribution in [0.15, 0.2) is 36.4 Å². The lowest BCUT2D eigenvalue weighted by Gasteiger charge is -2.26. The largest absolute Gasteiger partial charge is 0.481 e. The van der Waals surface area contributed by atoms with E-state index in [4.69, 9.17) is 5.11 Å². The second kappa shape index (κ2) is 7.62. The van der Waals surface area contributed by atoms with Crippen LogP contribution in [-0.2, 0) is 9.59 Å². The zero-order valence-corrected chi connectivity index (χ0v) is 12.1. The second-order valence-corrected chi connectivity index (χ2v) is 5.29. The van der Waals surface area contributed by atoms with Crippen LogP contribution in [0.4, 0.5) is 0 Å². The Morgan fingerprint density at radius 3 is 2.43 bits per heavy atom. The number of carbonyl (C=O) groups excluding carboxylic acids is 1. The SMILES string of the molecule is O=C(O)CCCCC(=O)N1CC=C(c2ccccc2)CC1. The van der Waals surface area contributed by atoms with E-state index in [-0.39, 0.29) is 12.3 Å². The van der Waals surface area contributed by atoms with Gasteiger partial charge in [0.25, 0.3) is 0 Å². The van der Waals surface area contributed by atoms with Crippen molar-refractivity contribution in [3.05, 3.63) is 42.0 Å². The molecule has 4 nitrogen and oxygen atoms in total. The highest BCUT2D eigenvalue weighted by Crippen LogP contribution is 2.22. The molecule has 1 aliphatic heterocycles. The van der Waals surface area contributed by atoms with E-state index in [0.29, 0.717) is 25.8 Å². The topological polar surface area (TPSA) is 57.6 Å². The quantitative estimate of drug-likeness (QED) is 0.818. The lowest BCUT2D eigenvalue weighted by molar-refractivity contribution is -0.137.